The number of nitrogens with one attached hydrogen (secondary N) is 1. The molecule has 0 aliphatic carbocycles. The zero-order valence-corrected chi connectivity index (χ0v) is 13.0. The Hall–Kier alpha value is -1.46. The van der Waals surface area contributed by atoms with E-state index < -0.39 is 0 Å². The molecule has 4 nitrogen and oxygen atoms in total. The fourth-order valence-corrected chi connectivity index (χ4v) is 1.72. The number of hydrogen-bond donors (Lipinski definition) is 1. The van der Waals surface area contributed by atoms with Crippen molar-refractivity contribution in [1.82, 2.24) is 5.32 Å². The van der Waals surface area contributed by atoms with Gasteiger partial charge in [-0.2, -0.15) is 0 Å². The topological polar surface area (TPSA) is 55.4 Å². The van der Waals surface area contributed by atoms with Gasteiger partial charge in [-0.25, -0.2) is 0 Å². The molecular weight excluding hydrogens is 322 g/mol. The van der Waals surface area contributed by atoms with Crippen LogP contribution in [0.5, 0.6) is 0 Å². The second-order valence-electron chi connectivity index (χ2n) is 4.05. The first-order valence-electron chi connectivity index (χ1n) is 6.47. The summed E-state index contributed by atoms with van der Waals surface area (Å²) in [5.74, 6) is -0.464. The maximum Gasteiger partial charge on any atom is 0.244 e. The molecule has 0 fully saturated rings. The van der Waals surface area contributed by atoms with E-state index >= 15 is 0 Å². The molecule has 0 saturated carbocycles. The third-order valence-electron chi connectivity index (χ3n) is 2.48. The van der Waals surface area contributed by atoms with Crippen LogP contribution in [0.2, 0.25) is 0 Å². The van der Waals surface area contributed by atoms with E-state index in [1.807, 2.05) is 6.92 Å². The van der Waals surface area contributed by atoms with Crippen LogP contribution in [0.4, 0.5) is 0 Å². The molecule has 0 unspecified atom stereocenters. The summed E-state index contributed by atoms with van der Waals surface area (Å²) in [4.78, 5) is 23.2. The van der Waals surface area contributed by atoms with Gasteiger partial charge in [-0.1, -0.05) is 15.9 Å². The quantitative estimate of drug-likeness (QED) is 0.450. The Morgan fingerprint density at radius 1 is 1.25 bits per heavy atom. The summed E-state index contributed by atoms with van der Waals surface area (Å²) in [6.07, 6.45) is 3.29. The Labute approximate surface area is 127 Å². The Morgan fingerprint density at radius 3 is 2.60 bits per heavy atom. The molecular formula is C15H18BrNO3. The molecule has 0 bridgehead atoms. The molecule has 0 aromatic heterocycles. The maximum atomic E-state index is 11.8. The number of rotatable bonds is 8. The van der Waals surface area contributed by atoms with Gasteiger partial charge in [0, 0.05) is 35.9 Å². The van der Waals surface area contributed by atoms with Gasteiger partial charge in [0.2, 0.25) is 5.91 Å². The van der Waals surface area contributed by atoms with Gasteiger partial charge in [0.25, 0.3) is 0 Å². The van der Waals surface area contributed by atoms with E-state index in [1.54, 1.807) is 24.3 Å². The van der Waals surface area contributed by atoms with Crippen molar-refractivity contribution in [2.75, 3.05) is 19.8 Å². The molecule has 20 heavy (non-hydrogen) atoms. The number of allylic oxidation sites excluding steroid dienone is 1. The number of amides is 1. The molecule has 1 aromatic carbocycles. The lowest BCUT2D eigenvalue weighted by molar-refractivity contribution is -0.116. The summed E-state index contributed by atoms with van der Waals surface area (Å²) in [7, 11) is 0. The van der Waals surface area contributed by atoms with Crippen molar-refractivity contribution in [2.45, 2.75) is 13.3 Å². The van der Waals surface area contributed by atoms with Gasteiger partial charge in [0.05, 0.1) is 0 Å². The molecule has 1 aromatic rings. The molecule has 1 N–H and O–H groups in total. The molecule has 5 heteroatoms. The normalized spacial score (nSPS) is 10.7. The molecule has 0 radical (unpaired) electrons. The first-order valence-corrected chi connectivity index (χ1v) is 7.26. The van der Waals surface area contributed by atoms with Gasteiger partial charge in [0.15, 0.2) is 5.78 Å². The van der Waals surface area contributed by atoms with E-state index in [2.05, 4.69) is 21.2 Å². The largest absolute Gasteiger partial charge is 0.382 e. The van der Waals surface area contributed by atoms with E-state index in [0.717, 1.165) is 10.9 Å². The molecule has 0 aliphatic rings. The molecule has 0 saturated heterocycles. The first kappa shape index (κ1) is 16.6. The molecule has 0 spiro atoms. The number of hydrogen-bond acceptors (Lipinski definition) is 3. The minimum atomic E-state index is -0.271. The van der Waals surface area contributed by atoms with Gasteiger partial charge in [-0.05, 0) is 43.7 Å². The van der Waals surface area contributed by atoms with Crippen molar-refractivity contribution in [3.8, 4) is 0 Å². The second kappa shape index (κ2) is 9.44. The van der Waals surface area contributed by atoms with Crippen LogP contribution in [0.1, 0.15) is 23.7 Å². The average molecular weight is 340 g/mol. The SMILES string of the molecule is CCOCCCNC(=O)/C=C/C(=O)c1ccc(Br)cc1. The first-order chi connectivity index (χ1) is 9.63. The third-order valence-corrected chi connectivity index (χ3v) is 3.01. The monoisotopic (exact) mass is 339 g/mol. The number of ketones is 1. The Morgan fingerprint density at radius 2 is 1.95 bits per heavy atom. The van der Waals surface area contributed by atoms with Crippen LogP contribution in [0.25, 0.3) is 0 Å². The highest BCUT2D eigenvalue weighted by Gasteiger charge is 2.02. The van der Waals surface area contributed by atoms with Gasteiger partial charge in [-0.15, -0.1) is 0 Å². The van der Waals surface area contributed by atoms with Crippen molar-refractivity contribution in [2.24, 2.45) is 0 Å². The highest BCUT2D eigenvalue weighted by molar-refractivity contribution is 9.10. The Balaban J connectivity index is 2.33. The van der Waals surface area contributed by atoms with Gasteiger partial charge in [0.1, 0.15) is 0 Å². The summed E-state index contributed by atoms with van der Waals surface area (Å²) in [6, 6.07) is 6.98. The zero-order chi connectivity index (χ0) is 14.8. The average Bonchev–Trinajstić information content (AvgIpc) is 2.45. The summed E-state index contributed by atoms with van der Waals surface area (Å²) in [5.41, 5.74) is 0.550. The van der Waals surface area contributed by atoms with E-state index in [1.165, 1.54) is 12.2 Å². The predicted molar refractivity (Wildman–Crippen MR) is 81.7 cm³/mol. The van der Waals surface area contributed by atoms with E-state index in [0.29, 0.717) is 25.3 Å². The lowest BCUT2D eigenvalue weighted by Gasteiger charge is -2.02. The lowest BCUT2D eigenvalue weighted by Crippen LogP contribution is -2.23. The minimum Gasteiger partial charge on any atom is -0.382 e. The van der Waals surface area contributed by atoms with E-state index in [4.69, 9.17) is 4.74 Å². The molecule has 108 valence electrons. The fraction of sp³-hybridized carbons (Fsp3) is 0.333. The smallest absolute Gasteiger partial charge is 0.244 e. The Bertz CT molecular complexity index is 469. The Kier molecular flexibility index (Phi) is 7.84. The van der Waals surface area contributed by atoms with Crippen LogP contribution in [-0.2, 0) is 9.53 Å². The minimum absolute atomic E-state index is 0.193. The fourth-order valence-electron chi connectivity index (χ4n) is 1.45. The maximum absolute atomic E-state index is 11.8. The summed E-state index contributed by atoms with van der Waals surface area (Å²) < 4.78 is 6.06. The van der Waals surface area contributed by atoms with Crippen molar-refractivity contribution < 1.29 is 14.3 Å². The number of halogens is 1. The van der Waals surface area contributed by atoms with Crippen molar-refractivity contribution in [1.29, 1.82) is 0 Å². The molecule has 1 amide bonds. The summed E-state index contributed by atoms with van der Waals surface area (Å²) >= 11 is 3.30. The molecule has 0 atom stereocenters. The van der Waals surface area contributed by atoms with Crippen molar-refractivity contribution in [3.63, 3.8) is 0 Å². The second-order valence-corrected chi connectivity index (χ2v) is 4.96. The van der Waals surface area contributed by atoms with Crippen LogP contribution in [0, 0.1) is 0 Å². The van der Waals surface area contributed by atoms with E-state index in [9.17, 15) is 9.59 Å². The highest BCUT2D eigenvalue weighted by atomic mass is 79.9. The molecule has 0 aliphatic heterocycles. The van der Waals surface area contributed by atoms with E-state index in [-0.39, 0.29) is 11.7 Å². The summed E-state index contributed by atoms with van der Waals surface area (Å²) in [6.45, 7) is 3.76. The van der Waals surface area contributed by atoms with Crippen molar-refractivity contribution in [3.05, 3.63) is 46.5 Å². The molecule has 1 rings (SSSR count). The molecule has 0 heterocycles. The van der Waals surface area contributed by atoms with Crippen LogP contribution in [-0.4, -0.2) is 31.4 Å². The van der Waals surface area contributed by atoms with Crippen LogP contribution < -0.4 is 5.32 Å². The van der Waals surface area contributed by atoms with Crippen molar-refractivity contribution >= 4 is 27.6 Å². The number of benzene rings is 1. The van der Waals surface area contributed by atoms with Crippen LogP contribution >= 0.6 is 15.9 Å². The zero-order valence-electron chi connectivity index (χ0n) is 11.4. The van der Waals surface area contributed by atoms with Gasteiger partial charge >= 0.3 is 0 Å². The third kappa shape index (κ3) is 6.63. The van der Waals surface area contributed by atoms with Gasteiger partial charge < -0.3 is 10.1 Å². The van der Waals surface area contributed by atoms with Gasteiger partial charge in [-0.3, -0.25) is 9.59 Å². The highest BCUT2D eigenvalue weighted by Crippen LogP contribution is 2.11. The standard InChI is InChI=1S/C15H18BrNO3/c1-2-20-11-3-10-17-15(19)9-8-14(18)12-4-6-13(16)7-5-12/h4-9H,2-3,10-11H2,1H3,(H,17,19)/b9-8+. The number of carbonyl (C=O) groups is 2. The predicted octanol–water partition coefficient (Wildman–Crippen LogP) is 2.73. The van der Waals surface area contributed by atoms with Crippen LogP contribution in [0.3, 0.4) is 0 Å². The lowest BCUT2D eigenvalue weighted by atomic mass is 10.1. The summed E-state index contributed by atoms with van der Waals surface area (Å²) in [5, 5.41) is 2.69. The van der Waals surface area contributed by atoms with Crippen LogP contribution in [0.15, 0.2) is 40.9 Å². The number of carbonyl (C=O) groups excluding carboxylic acids is 2. The number of ether oxygens (including phenoxy) is 1.